The molecular weight excluding hydrogens is 395 g/mol. The van der Waals surface area contributed by atoms with Crippen molar-refractivity contribution in [1.82, 2.24) is 4.98 Å². The fourth-order valence-corrected chi connectivity index (χ4v) is 4.50. The Morgan fingerprint density at radius 1 is 1.20 bits per heavy atom. The van der Waals surface area contributed by atoms with Crippen LogP contribution in [0.15, 0.2) is 41.3 Å². The number of thiazole rings is 1. The summed E-state index contributed by atoms with van der Waals surface area (Å²) in [5, 5.41) is 4.87. The summed E-state index contributed by atoms with van der Waals surface area (Å²) in [5.74, 6) is 0.851. The monoisotopic (exact) mass is 410 g/mol. The van der Waals surface area contributed by atoms with Gasteiger partial charge in [-0.1, -0.05) is 40.6 Å². The Morgan fingerprint density at radius 2 is 1.96 bits per heavy atom. The van der Waals surface area contributed by atoms with Crippen LogP contribution in [0.4, 0.5) is 5.13 Å². The molecule has 1 aromatic heterocycles. The molecule has 25 heavy (non-hydrogen) atoms. The summed E-state index contributed by atoms with van der Waals surface area (Å²) in [6.07, 6.45) is 1.26. The standard InChI is InChI=1S/C18H16Cl2N2OS2/c1-11-4-9-14(20)17-16(11)22-18(25-17)21-15(23)3-2-10-24-13-7-5-12(19)6-8-13/h4-9H,2-3,10H2,1H3,(H,21,22,23). The normalized spacial score (nSPS) is 11.0. The van der Waals surface area contributed by atoms with E-state index < -0.39 is 0 Å². The van der Waals surface area contributed by atoms with Crippen molar-refractivity contribution in [3.8, 4) is 0 Å². The number of fused-ring (bicyclic) bond motifs is 1. The Balaban J connectivity index is 1.50. The first-order chi connectivity index (χ1) is 12.0. The third-order valence-corrected chi connectivity index (χ3v) is 6.36. The molecule has 1 N–H and O–H groups in total. The van der Waals surface area contributed by atoms with E-state index in [1.54, 1.807) is 11.8 Å². The van der Waals surface area contributed by atoms with Gasteiger partial charge in [0.1, 0.15) is 0 Å². The predicted octanol–water partition coefficient (Wildman–Crippen LogP) is 6.42. The first-order valence-corrected chi connectivity index (χ1v) is 10.3. The molecule has 0 spiro atoms. The van der Waals surface area contributed by atoms with Crippen molar-refractivity contribution in [3.63, 3.8) is 0 Å². The van der Waals surface area contributed by atoms with Crippen LogP contribution in [0.25, 0.3) is 10.2 Å². The molecule has 2 aromatic carbocycles. The average Bonchev–Trinajstić information content (AvgIpc) is 3.02. The molecule has 0 aliphatic heterocycles. The third-order valence-electron chi connectivity index (χ3n) is 3.57. The van der Waals surface area contributed by atoms with Crippen LogP contribution < -0.4 is 5.32 Å². The zero-order valence-corrected chi connectivity index (χ0v) is 16.7. The van der Waals surface area contributed by atoms with Crippen LogP contribution >= 0.6 is 46.3 Å². The fourth-order valence-electron chi connectivity index (χ4n) is 2.29. The Bertz CT molecular complexity index is 855. The molecule has 0 bridgehead atoms. The number of carbonyl (C=O) groups is 1. The van der Waals surface area contributed by atoms with Crippen molar-refractivity contribution in [3.05, 3.63) is 52.0 Å². The van der Waals surface area contributed by atoms with Crippen LogP contribution in [0.5, 0.6) is 0 Å². The van der Waals surface area contributed by atoms with Crippen molar-refractivity contribution in [2.45, 2.75) is 24.7 Å². The molecule has 0 atom stereocenters. The second-order valence-electron chi connectivity index (χ2n) is 5.52. The largest absolute Gasteiger partial charge is 0.302 e. The number of hydrogen-bond donors (Lipinski definition) is 1. The van der Waals surface area contributed by atoms with Crippen molar-refractivity contribution in [2.75, 3.05) is 11.1 Å². The molecule has 130 valence electrons. The zero-order valence-electron chi connectivity index (χ0n) is 13.5. The van der Waals surface area contributed by atoms with E-state index >= 15 is 0 Å². The number of nitrogens with one attached hydrogen (secondary N) is 1. The lowest BCUT2D eigenvalue weighted by molar-refractivity contribution is -0.116. The topological polar surface area (TPSA) is 42.0 Å². The summed E-state index contributed by atoms with van der Waals surface area (Å²) in [5.41, 5.74) is 1.90. The number of benzene rings is 2. The maximum absolute atomic E-state index is 12.1. The Kier molecular flexibility index (Phi) is 6.23. The second kappa shape index (κ2) is 8.41. The predicted molar refractivity (Wildman–Crippen MR) is 109 cm³/mol. The molecule has 0 saturated heterocycles. The Morgan fingerprint density at radius 3 is 2.68 bits per heavy atom. The quantitative estimate of drug-likeness (QED) is 0.376. The summed E-state index contributed by atoms with van der Waals surface area (Å²) < 4.78 is 0.912. The van der Waals surface area contributed by atoms with Gasteiger partial charge < -0.3 is 5.32 Å². The van der Waals surface area contributed by atoms with Crippen LogP contribution in [0, 0.1) is 6.92 Å². The highest BCUT2D eigenvalue weighted by Crippen LogP contribution is 2.33. The van der Waals surface area contributed by atoms with Crippen molar-refractivity contribution >= 4 is 67.6 Å². The Labute approximate surface area is 164 Å². The van der Waals surface area contributed by atoms with Crippen molar-refractivity contribution in [1.29, 1.82) is 0 Å². The summed E-state index contributed by atoms with van der Waals surface area (Å²) in [6.45, 7) is 1.98. The first-order valence-electron chi connectivity index (χ1n) is 7.77. The summed E-state index contributed by atoms with van der Waals surface area (Å²) in [4.78, 5) is 17.7. The number of nitrogens with zero attached hydrogens (tertiary/aromatic N) is 1. The highest BCUT2D eigenvalue weighted by molar-refractivity contribution is 7.99. The van der Waals surface area contributed by atoms with Crippen molar-refractivity contribution < 1.29 is 4.79 Å². The van der Waals surface area contributed by atoms with E-state index in [9.17, 15) is 4.79 Å². The molecule has 3 aromatic rings. The molecule has 0 saturated carbocycles. The second-order valence-corrected chi connectivity index (χ2v) is 8.53. The van der Waals surface area contributed by atoms with Gasteiger partial charge in [0.05, 0.1) is 15.2 Å². The van der Waals surface area contributed by atoms with Gasteiger partial charge in [-0.05, 0) is 55.0 Å². The number of thioether (sulfide) groups is 1. The molecule has 0 radical (unpaired) electrons. The molecule has 0 fully saturated rings. The SMILES string of the molecule is Cc1ccc(Cl)c2sc(NC(=O)CCCSc3ccc(Cl)cc3)nc12. The van der Waals surface area contributed by atoms with E-state index in [1.165, 1.54) is 11.3 Å². The van der Waals surface area contributed by atoms with Gasteiger partial charge in [-0.15, -0.1) is 11.8 Å². The van der Waals surface area contributed by atoms with Crippen molar-refractivity contribution in [2.24, 2.45) is 0 Å². The maximum atomic E-state index is 12.1. The molecular formula is C18H16Cl2N2OS2. The molecule has 3 rings (SSSR count). The number of amides is 1. The molecule has 1 heterocycles. The number of aryl methyl sites for hydroxylation is 1. The van der Waals surface area contributed by atoms with Crippen LogP contribution in [-0.2, 0) is 4.79 Å². The molecule has 0 aliphatic carbocycles. The van der Waals surface area contributed by atoms with Gasteiger partial charge in [0.15, 0.2) is 5.13 Å². The highest BCUT2D eigenvalue weighted by atomic mass is 35.5. The van der Waals surface area contributed by atoms with Gasteiger partial charge in [-0.3, -0.25) is 4.79 Å². The number of anilines is 1. The lowest BCUT2D eigenvalue weighted by Crippen LogP contribution is -2.11. The zero-order chi connectivity index (χ0) is 17.8. The maximum Gasteiger partial charge on any atom is 0.226 e. The number of aromatic nitrogens is 1. The molecule has 0 aliphatic rings. The molecule has 3 nitrogen and oxygen atoms in total. The lowest BCUT2D eigenvalue weighted by atomic mass is 10.2. The molecule has 0 unspecified atom stereocenters. The van der Waals surface area contributed by atoms with Gasteiger partial charge in [0.25, 0.3) is 0 Å². The lowest BCUT2D eigenvalue weighted by Gasteiger charge is -2.03. The average molecular weight is 411 g/mol. The van der Waals surface area contributed by atoms with Gasteiger partial charge in [-0.25, -0.2) is 4.98 Å². The minimum atomic E-state index is -0.0236. The van der Waals surface area contributed by atoms with Gasteiger partial charge in [0, 0.05) is 16.3 Å². The van der Waals surface area contributed by atoms with E-state index in [1.807, 2.05) is 43.3 Å². The van der Waals surface area contributed by atoms with E-state index in [4.69, 9.17) is 23.2 Å². The van der Waals surface area contributed by atoms with E-state index in [0.717, 1.165) is 37.9 Å². The number of carbonyl (C=O) groups excluding carboxylic acids is 1. The third kappa shape index (κ3) is 4.88. The van der Waals surface area contributed by atoms with E-state index in [2.05, 4.69) is 10.3 Å². The number of halogens is 2. The van der Waals surface area contributed by atoms with Gasteiger partial charge in [-0.2, -0.15) is 0 Å². The number of hydrogen-bond acceptors (Lipinski definition) is 4. The van der Waals surface area contributed by atoms with Gasteiger partial charge in [0.2, 0.25) is 5.91 Å². The minimum absolute atomic E-state index is 0.0236. The first kappa shape index (κ1) is 18.5. The van der Waals surface area contributed by atoms with E-state index in [-0.39, 0.29) is 5.91 Å². The summed E-state index contributed by atoms with van der Waals surface area (Å²) in [6, 6.07) is 11.5. The van der Waals surface area contributed by atoms with E-state index in [0.29, 0.717) is 16.6 Å². The fraction of sp³-hybridized carbons (Fsp3) is 0.222. The number of rotatable bonds is 6. The highest BCUT2D eigenvalue weighted by Gasteiger charge is 2.11. The summed E-state index contributed by atoms with van der Waals surface area (Å²) in [7, 11) is 0. The minimum Gasteiger partial charge on any atom is -0.302 e. The van der Waals surface area contributed by atoms with Crippen LogP contribution in [-0.4, -0.2) is 16.6 Å². The molecule has 7 heteroatoms. The molecule has 1 amide bonds. The smallest absolute Gasteiger partial charge is 0.226 e. The van der Waals surface area contributed by atoms with Crippen LogP contribution in [0.3, 0.4) is 0 Å². The van der Waals surface area contributed by atoms with Crippen LogP contribution in [0.1, 0.15) is 18.4 Å². The summed E-state index contributed by atoms with van der Waals surface area (Å²) >= 11 is 15.2. The Hall–Kier alpha value is -1.27. The van der Waals surface area contributed by atoms with Crippen LogP contribution in [0.2, 0.25) is 10.0 Å². The van der Waals surface area contributed by atoms with Gasteiger partial charge >= 0.3 is 0 Å².